The molecule has 0 bridgehead atoms. The van der Waals surface area contributed by atoms with E-state index in [4.69, 9.17) is 0 Å². The van der Waals surface area contributed by atoms with Gasteiger partial charge in [-0.05, 0) is 35.6 Å². The van der Waals surface area contributed by atoms with Crippen molar-refractivity contribution in [1.29, 1.82) is 0 Å². The Balaban J connectivity index is 1.74. The van der Waals surface area contributed by atoms with E-state index in [0.29, 0.717) is 12.5 Å². The highest BCUT2D eigenvalue weighted by molar-refractivity contribution is 5.96. The molecule has 2 N–H and O–H groups in total. The van der Waals surface area contributed by atoms with Crippen LogP contribution in [-0.2, 0) is 16.1 Å². The number of benzene rings is 2. The van der Waals surface area contributed by atoms with E-state index in [2.05, 4.69) is 24.5 Å². The lowest BCUT2D eigenvalue weighted by Crippen LogP contribution is -2.36. The van der Waals surface area contributed by atoms with Gasteiger partial charge in [0.2, 0.25) is 11.8 Å². The number of carbonyl (C=O) groups is 2. The first kappa shape index (κ1) is 18.1. The molecule has 0 fully saturated rings. The Hall–Kier alpha value is -2.66. The van der Waals surface area contributed by atoms with Gasteiger partial charge in [0.25, 0.3) is 0 Å². The van der Waals surface area contributed by atoms with Crippen LogP contribution in [-0.4, -0.2) is 29.8 Å². The normalized spacial score (nSPS) is 14.5. The first-order valence-electron chi connectivity index (χ1n) is 8.93. The van der Waals surface area contributed by atoms with Crippen molar-refractivity contribution in [1.82, 2.24) is 4.90 Å². The zero-order chi connectivity index (χ0) is 18.7. The number of aryl methyl sites for hydroxylation is 1. The molecular weight excluding hydrogens is 326 g/mol. The first-order chi connectivity index (χ1) is 12.4. The van der Waals surface area contributed by atoms with Gasteiger partial charge in [0.15, 0.2) is 0 Å². The Morgan fingerprint density at radius 2 is 1.92 bits per heavy atom. The molecule has 5 heteroatoms. The van der Waals surface area contributed by atoms with Gasteiger partial charge in [0.1, 0.15) is 0 Å². The second-order valence-electron chi connectivity index (χ2n) is 7.09. The van der Waals surface area contributed by atoms with Crippen molar-refractivity contribution in [3.8, 4) is 0 Å². The number of nitrogens with zero attached hydrogens (tertiary/aromatic N) is 1. The Labute approximate surface area is 154 Å². The first-order valence-corrected chi connectivity index (χ1v) is 8.93. The van der Waals surface area contributed by atoms with Crippen LogP contribution < -0.4 is 10.6 Å². The third-order valence-electron chi connectivity index (χ3n) is 4.61. The molecule has 2 aromatic carbocycles. The minimum absolute atomic E-state index is 0.0958. The molecule has 0 aliphatic carbocycles. The number of nitrogens with one attached hydrogen (secondary N) is 2. The van der Waals surface area contributed by atoms with Crippen LogP contribution in [0.5, 0.6) is 0 Å². The summed E-state index contributed by atoms with van der Waals surface area (Å²) in [7, 11) is 0. The second-order valence-corrected chi connectivity index (χ2v) is 7.09. The van der Waals surface area contributed by atoms with Crippen LogP contribution in [0.3, 0.4) is 0 Å². The summed E-state index contributed by atoms with van der Waals surface area (Å²) in [4.78, 5) is 26.6. The second kappa shape index (κ2) is 7.70. The maximum atomic E-state index is 12.7. The van der Waals surface area contributed by atoms with Crippen molar-refractivity contribution in [2.24, 2.45) is 0 Å². The largest absolute Gasteiger partial charge is 0.325 e. The van der Waals surface area contributed by atoms with Gasteiger partial charge < -0.3 is 10.6 Å². The zero-order valence-corrected chi connectivity index (χ0v) is 15.5. The molecule has 0 aromatic heterocycles. The fourth-order valence-corrected chi connectivity index (χ4v) is 3.31. The van der Waals surface area contributed by atoms with Crippen LogP contribution in [0.1, 0.15) is 36.5 Å². The zero-order valence-electron chi connectivity index (χ0n) is 15.5. The summed E-state index contributed by atoms with van der Waals surface area (Å²) in [6.07, 6.45) is 0. The number of para-hydroxylation sites is 2. The lowest BCUT2D eigenvalue weighted by atomic mass is 9.98. The van der Waals surface area contributed by atoms with E-state index in [1.165, 1.54) is 0 Å². The van der Waals surface area contributed by atoms with Gasteiger partial charge in [0, 0.05) is 17.9 Å². The van der Waals surface area contributed by atoms with Crippen LogP contribution in [0.2, 0.25) is 0 Å². The van der Waals surface area contributed by atoms with Crippen molar-refractivity contribution in [3.05, 3.63) is 59.2 Å². The number of anilines is 2. The van der Waals surface area contributed by atoms with Crippen molar-refractivity contribution < 1.29 is 9.59 Å². The highest BCUT2D eigenvalue weighted by Crippen LogP contribution is 2.27. The molecule has 1 aliphatic rings. The number of rotatable bonds is 4. The van der Waals surface area contributed by atoms with Gasteiger partial charge in [-0.1, -0.05) is 50.2 Å². The van der Waals surface area contributed by atoms with Gasteiger partial charge in [-0.2, -0.15) is 0 Å². The molecule has 5 nitrogen and oxygen atoms in total. The average molecular weight is 351 g/mol. The maximum absolute atomic E-state index is 12.7. The molecular formula is C21H25N3O2. The summed E-state index contributed by atoms with van der Waals surface area (Å²) in [5.74, 6) is 0.121. The SMILES string of the molecule is Cc1cccc(C(C)C)c1NC(=O)CN1CC(=O)Nc2ccccc2C1. The quantitative estimate of drug-likeness (QED) is 0.886. The number of fused-ring (bicyclic) bond motifs is 1. The fraction of sp³-hybridized carbons (Fsp3) is 0.333. The van der Waals surface area contributed by atoms with E-state index in [1.54, 1.807) is 0 Å². The molecule has 0 radical (unpaired) electrons. The molecule has 0 saturated carbocycles. The van der Waals surface area contributed by atoms with E-state index >= 15 is 0 Å². The Kier molecular flexibility index (Phi) is 5.38. The van der Waals surface area contributed by atoms with Crippen LogP contribution in [0, 0.1) is 6.92 Å². The molecule has 1 aliphatic heterocycles. The average Bonchev–Trinajstić information content (AvgIpc) is 2.73. The Bertz CT molecular complexity index is 830. The van der Waals surface area contributed by atoms with E-state index in [0.717, 1.165) is 28.1 Å². The van der Waals surface area contributed by atoms with Gasteiger partial charge in [-0.3, -0.25) is 14.5 Å². The molecule has 2 aromatic rings. The third-order valence-corrected chi connectivity index (χ3v) is 4.61. The van der Waals surface area contributed by atoms with Crippen LogP contribution in [0.4, 0.5) is 11.4 Å². The van der Waals surface area contributed by atoms with Gasteiger partial charge in [-0.15, -0.1) is 0 Å². The topological polar surface area (TPSA) is 61.4 Å². The summed E-state index contributed by atoms with van der Waals surface area (Å²) < 4.78 is 0. The monoisotopic (exact) mass is 351 g/mol. The summed E-state index contributed by atoms with van der Waals surface area (Å²) >= 11 is 0. The van der Waals surface area contributed by atoms with Gasteiger partial charge in [0.05, 0.1) is 13.1 Å². The fourth-order valence-electron chi connectivity index (χ4n) is 3.31. The summed E-state index contributed by atoms with van der Waals surface area (Å²) in [6.45, 7) is 7.16. The van der Waals surface area contributed by atoms with E-state index in [1.807, 2.05) is 54.3 Å². The van der Waals surface area contributed by atoms with Crippen molar-refractivity contribution in [2.75, 3.05) is 23.7 Å². The van der Waals surface area contributed by atoms with E-state index in [-0.39, 0.29) is 24.9 Å². The molecule has 0 saturated heterocycles. The number of amides is 2. The van der Waals surface area contributed by atoms with E-state index in [9.17, 15) is 9.59 Å². The van der Waals surface area contributed by atoms with Crippen LogP contribution >= 0.6 is 0 Å². The smallest absolute Gasteiger partial charge is 0.238 e. The Morgan fingerprint density at radius 1 is 1.15 bits per heavy atom. The Morgan fingerprint density at radius 3 is 2.69 bits per heavy atom. The molecule has 2 amide bonds. The standard InChI is InChI=1S/C21H25N3O2/c1-14(2)17-9-6-7-15(3)21(17)23-20(26)13-24-11-16-8-4-5-10-18(16)22-19(25)12-24/h4-10,14H,11-13H2,1-3H3,(H,22,25)(H,23,26). The molecule has 3 rings (SSSR count). The highest BCUT2D eigenvalue weighted by Gasteiger charge is 2.21. The lowest BCUT2D eigenvalue weighted by molar-refractivity contribution is -0.120. The van der Waals surface area contributed by atoms with Crippen molar-refractivity contribution >= 4 is 23.2 Å². The minimum atomic E-state index is -0.103. The van der Waals surface area contributed by atoms with E-state index < -0.39 is 0 Å². The van der Waals surface area contributed by atoms with Crippen molar-refractivity contribution in [3.63, 3.8) is 0 Å². The molecule has 0 atom stereocenters. The predicted molar refractivity (Wildman–Crippen MR) is 104 cm³/mol. The highest BCUT2D eigenvalue weighted by atomic mass is 16.2. The van der Waals surface area contributed by atoms with Gasteiger partial charge in [-0.25, -0.2) is 0 Å². The van der Waals surface area contributed by atoms with Crippen LogP contribution in [0.15, 0.2) is 42.5 Å². The molecule has 0 unspecified atom stereocenters. The summed E-state index contributed by atoms with van der Waals surface area (Å²) in [6, 6.07) is 13.8. The predicted octanol–water partition coefficient (Wildman–Crippen LogP) is 3.51. The van der Waals surface area contributed by atoms with Gasteiger partial charge >= 0.3 is 0 Å². The lowest BCUT2D eigenvalue weighted by Gasteiger charge is -2.21. The number of hydrogen-bond acceptors (Lipinski definition) is 3. The third kappa shape index (κ3) is 4.11. The molecule has 1 heterocycles. The number of carbonyl (C=O) groups excluding carboxylic acids is 2. The van der Waals surface area contributed by atoms with Crippen LogP contribution in [0.25, 0.3) is 0 Å². The number of hydrogen-bond donors (Lipinski definition) is 2. The molecule has 26 heavy (non-hydrogen) atoms. The maximum Gasteiger partial charge on any atom is 0.238 e. The molecule has 136 valence electrons. The summed E-state index contributed by atoms with van der Waals surface area (Å²) in [5, 5.41) is 5.95. The van der Waals surface area contributed by atoms with Crippen molar-refractivity contribution in [2.45, 2.75) is 33.2 Å². The minimum Gasteiger partial charge on any atom is -0.325 e. The summed E-state index contributed by atoms with van der Waals surface area (Å²) in [5.41, 5.74) is 4.89. The molecule has 0 spiro atoms.